The van der Waals surface area contributed by atoms with E-state index in [1.54, 1.807) is 12.1 Å². The van der Waals surface area contributed by atoms with Gasteiger partial charge in [0.1, 0.15) is 5.25 Å². The summed E-state index contributed by atoms with van der Waals surface area (Å²) in [5.41, 5.74) is 1.38. The van der Waals surface area contributed by atoms with Gasteiger partial charge in [-0.3, -0.25) is 4.79 Å². The van der Waals surface area contributed by atoms with E-state index in [-0.39, 0.29) is 0 Å². The third kappa shape index (κ3) is 4.55. The van der Waals surface area contributed by atoms with Crippen molar-refractivity contribution in [2.45, 2.75) is 25.5 Å². The van der Waals surface area contributed by atoms with Gasteiger partial charge in [-0.2, -0.15) is 0 Å². The number of amides is 1. The summed E-state index contributed by atoms with van der Waals surface area (Å²) < 4.78 is 22.7. The molecule has 0 spiro atoms. The number of hydrogen-bond acceptors (Lipinski definition) is 4. The summed E-state index contributed by atoms with van der Waals surface area (Å²) in [7, 11) is -3.38. The first-order valence-corrected chi connectivity index (χ1v) is 8.14. The van der Waals surface area contributed by atoms with Crippen molar-refractivity contribution in [1.29, 1.82) is 0 Å². The standard InChI is InChI=1S/C13H20N2O3S/c1-4-9-14-11-7-5-6-8-12(11)15-13(16)10(2)19(3,17)18/h5-8,10,14H,4,9H2,1-3H3,(H,15,16). The van der Waals surface area contributed by atoms with Crippen LogP contribution in [0.5, 0.6) is 0 Å². The number of hydrogen-bond donors (Lipinski definition) is 2. The van der Waals surface area contributed by atoms with Crippen molar-refractivity contribution in [3.63, 3.8) is 0 Å². The lowest BCUT2D eigenvalue weighted by Crippen LogP contribution is -2.32. The van der Waals surface area contributed by atoms with E-state index in [1.807, 2.05) is 19.1 Å². The van der Waals surface area contributed by atoms with E-state index in [2.05, 4.69) is 10.6 Å². The molecule has 0 aliphatic heterocycles. The summed E-state index contributed by atoms with van der Waals surface area (Å²) in [5, 5.41) is 4.76. The van der Waals surface area contributed by atoms with Crippen LogP contribution >= 0.6 is 0 Å². The zero-order valence-corrected chi connectivity index (χ0v) is 12.3. The van der Waals surface area contributed by atoms with Crippen molar-refractivity contribution < 1.29 is 13.2 Å². The highest BCUT2D eigenvalue weighted by atomic mass is 32.2. The molecule has 0 radical (unpaired) electrons. The minimum atomic E-state index is -3.38. The average molecular weight is 284 g/mol. The molecule has 1 rings (SSSR count). The van der Waals surface area contributed by atoms with Crippen LogP contribution in [0.2, 0.25) is 0 Å². The summed E-state index contributed by atoms with van der Waals surface area (Å²) in [6.45, 7) is 4.21. The van der Waals surface area contributed by atoms with E-state index in [9.17, 15) is 13.2 Å². The minimum Gasteiger partial charge on any atom is -0.383 e. The van der Waals surface area contributed by atoms with E-state index >= 15 is 0 Å². The highest BCUT2D eigenvalue weighted by Crippen LogP contribution is 2.21. The molecule has 0 saturated heterocycles. The predicted molar refractivity (Wildman–Crippen MR) is 78.2 cm³/mol. The molecule has 1 aromatic carbocycles. The zero-order chi connectivity index (χ0) is 14.5. The molecule has 1 amide bonds. The Hall–Kier alpha value is -1.56. The SMILES string of the molecule is CCCNc1ccccc1NC(=O)C(C)S(C)(=O)=O. The molecule has 19 heavy (non-hydrogen) atoms. The van der Waals surface area contributed by atoms with E-state index in [4.69, 9.17) is 0 Å². The van der Waals surface area contributed by atoms with Gasteiger partial charge in [-0.1, -0.05) is 19.1 Å². The van der Waals surface area contributed by atoms with Gasteiger partial charge in [-0.15, -0.1) is 0 Å². The van der Waals surface area contributed by atoms with Gasteiger partial charge in [0.05, 0.1) is 11.4 Å². The molecule has 6 heteroatoms. The second-order valence-corrected chi connectivity index (χ2v) is 6.80. The number of rotatable bonds is 6. The van der Waals surface area contributed by atoms with Gasteiger partial charge in [0.2, 0.25) is 5.91 Å². The number of benzene rings is 1. The third-order valence-corrected chi connectivity index (χ3v) is 4.26. The van der Waals surface area contributed by atoms with Gasteiger partial charge in [0.15, 0.2) is 9.84 Å². The van der Waals surface area contributed by atoms with Crippen molar-refractivity contribution in [2.75, 3.05) is 23.4 Å². The Morgan fingerprint density at radius 1 is 1.26 bits per heavy atom. The summed E-state index contributed by atoms with van der Waals surface area (Å²) in [6, 6.07) is 7.23. The maximum Gasteiger partial charge on any atom is 0.242 e. The molecule has 5 nitrogen and oxygen atoms in total. The molecule has 0 aromatic heterocycles. The van der Waals surface area contributed by atoms with Gasteiger partial charge in [-0.05, 0) is 25.5 Å². The van der Waals surface area contributed by atoms with Crippen LogP contribution < -0.4 is 10.6 Å². The van der Waals surface area contributed by atoms with Gasteiger partial charge < -0.3 is 10.6 Å². The number of anilines is 2. The fraction of sp³-hybridized carbons (Fsp3) is 0.462. The number of nitrogens with one attached hydrogen (secondary N) is 2. The average Bonchev–Trinajstić information content (AvgIpc) is 2.35. The summed E-state index contributed by atoms with van der Waals surface area (Å²) in [4.78, 5) is 11.9. The topological polar surface area (TPSA) is 75.3 Å². The fourth-order valence-corrected chi connectivity index (χ4v) is 1.88. The smallest absolute Gasteiger partial charge is 0.242 e. The van der Waals surface area contributed by atoms with Crippen LogP contribution in [0.4, 0.5) is 11.4 Å². The molecule has 1 unspecified atom stereocenters. The number of carbonyl (C=O) groups is 1. The molecule has 2 N–H and O–H groups in total. The number of carbonyl (C=O) groups excluding carboxylic acids is 1. The van der Waals surface area contributed by atoms with Gasteiger partial charge >= 0.3 is 0 Å². The fourth-order valence-electron chi connectivity index (χ4n) is 1.43. The lowest BCUT2D eigenvalue weighted by molar-refractivity contribution is -0.115. The summed E-state index contributed by atoms with van der Waals surface area (Å²) in [5.74, 6) is -0.520. The van der Waals surface area contributed by atoms with Crippen LogP contribution in [0.1, 0.15) is 20.3 Å². The quantitative estimate of drug-likeness (QED) is 0.836. The van der Waals surface area contributed by atoms with E-state index < -0.39 is 21.0 Å². The van der Waals surface area contributed by atoms with Crippen LogP contribution in [0, 0.1) is 0 Å². The molecule has 0 saturated carbocycles. The Labute approximate surface area is 114 Å². The lowest BCUT2D eigenvalue weighted by Gasteiger charge is -2.14. The van der Waals surface area contributed by atoms with Crippen LogP contribution in [0.3, 0.4) is 0 Å². The second kappa shape index (κ2) is 6.56. The van der Waals surface area contributed by atoms with Gasteiger partial charge in [0, 0.05) is 12.8 Å². The Morgan fingerprint density at radius 3 is 2.37 bits per heavy atom. The summed E-state index contributed by atoms with van der Waals surface area (Å²) in [6.07, 6.45) is 2.01. The van der Waals surface area contributed by atoms with Crippen molar-refractivity contribution in [1.82, 2.24) is 0 Å². The highest BCUT2D eigenvalue weighted by molar-refractivity contribution is 7.92. The van der Waals surface area contributed by atoms with Gasteiger partial charge in [-0.25, -0.2) is 8.42 Å². The Bertz CT molecular complexity index is 541. The molecule has 1 atom stereocenters. The van der Waals surface area contributed by atoms with Crippen LogP contribution in [0.25, 0.3) is 0 Å². The van der Waals surface area contributed by atoms with E-state index in [0.717, 1.165) is 24.9 Å². The predicted octanol–water partition coefficient (Wildman–Crippen LogP) is 1.88. The maximum atomic E-state index is 11.9. The lowest BCUT2D eigenvalue weighted by atomic mass is 10.2. The molecular formula is C13H20N2O3S. The highest BCUT2D eigenvalue weighted by Gasteiger charge is 2.23. The van der Waals surface area contributed by atoms with Crippen molar-refractivity contribution in [3.05, 3.63) is 24.3 Å². The summed E-state index contributed by atoms with van der Waals surface area (Å²) >= 11 is 0. The van der Waals surface area contributed by atoms with Crippen molar-refractivity contribution in [3.8, 4) is 0 Å². The molecule has 0 aliphatic carbocycles. The number of para-hydroxylation sites is 2. The largest absolute Gasteiger partial charge is 0.383 e. The normalized spacial score (nSPS) is 12.8. The van der Waals surface area contributed by atoms with Crippen LogP contribution in [-0.2, 0) is 14.6 Å². The van der Waals surface area contributed by atoms with Gasteiger partial charge in [0.25, 0.3) is 0 Å². The molecule has 0 aliphatic rings. The molecule has 0 bridgehead atoms. The molecule has 106 valence electrons. The third-order valence-electron chi connectivity index (χ3n) is 2.76. The molecule has 0 fully saturated rings. The molecule has 0 heterocycles. The van der Waals surface area contributed by atoms with E-state index in [1.165, 1.54) is 6.92 Å². The first kappa shape index (κ1) is 15.5. The van der Waals surface area contributed by atoms with Crippen molar-refractivity contribution in [2.24, 2.45) is 0 Å². The first-order valence-electron chi connectivity index (χ1n) is 6.19. The Morgan fingerprint density at radius 2 is 1.84 bits per heavy atom. The Kier molecular flexibility index (Phi) is 5.35. The monoisotopic (exact) mass is 284 g/mol. The zero-order valence-electron chi connectivity index (χ0n) is 11.4. The molecular weight excluding hydrogens is 264 g/mol. The van der Waals surface area contributed by atoms with Crippen LogP contribution in [-0.4, -0.2) is 32.4 Å². The molecule has 1 aromatic rings. The van der Waals surface area contributed by atoms with E-state index in [0.29, 0.717) is 5.69 Å². The van der Waals surface area contributed by atoms with Crippen LogP contribution in [0.15, 0.2) is 24.3 Å². The Balaban J connectivity index is 2.85. The second-order valence-electron chi connectivity index (χ2n) is 4.43. The maximum absolute atomic E-state index is 11.9. The minimum absolute atomic E-state index is 0.520. The number of sulfone groups is 1. The van der Waals surface area contributed by atoms with Crippen molar-refractivity contribution >= 4 is 27.1 Å². The first-order chi connectivity index (χ1) is 8.86.